The topological polar surface area (TPSA) is 60.9 Å². The van der Waals surface area contributed by atoms with Crippen molar-refractivity contribution in [3.05, 3.63) is 35.5 Å². The lowest BCUT2D eigenvalue weighted by Crippen LogP contribution is -2.46. The van der Waals surface area contributed by atoms with Crippen molar-refractivity contribution in [1.82, 2.24) is 25.1 Å². The minimum Gasteiger partial charge on any atom is -0.354 e. The first-order valence-electron chi connectivity index (χ1n) is 7.30. The number of piperazine rings is 1. The van der Waals surface area contributed by atoms with E-state index in [0.717, 1.165) is 37.0 Å². The molecule has 3 rings (SSSR count). The van der Waals surface area contributed by atoms with Gasteiger partial charge in [-0.25, -0.2) is 9.97 Å². The molecule has 0 aliphatic carbocycles. The van der Waals surface area contributed by atoms with Gasteiger partial charge < -0.3 is 4.90 Å². The molecule has 1 aliphatic rings. The Labute approximate surface area is 131 Å². The molecule has 0 saturated carbocycles. The van der Waals surface area contributed by atoms with Crippen molar-refractivity contribution in [2.45, 2.75) is 19.6 Å². The average Bonchev–Trinajstić information content (AvgIpc) is 2.92. The SMILES string of the molecule is Cc1nc(CN2CCN(c3ccc(C(F)(F)F)cn3)CC2)n[nH]1. The van der Waals surface area contributed by atoms with Crippen LogP contribution in [0.3, 0.4) is 0 Å². The number of alkyl halides is 3. The fourth-order valence-electron chi connectivity index (χ4n) is 2.54. The van der Waals surface area contributed by atoms with Gasteiger partial charge in [-0.05, 0) is 19.1 Å². The van der Waals surface area contributed by atoms with E-state index in [2.05, 4.69) is 25.1 Å². The minimum absolute atomic E-state index is 0.575. The molecule has 2 aromatic rings. The highest BCUT2D eigenvalue weighted by Gasteiger charge is 2.31. The van der Waals surface area contributed by atoms with E-state index in [1.54, 1.807) is 0 Å². The summed E-state index contributed by atoms with van der Waals surface area (Å²) in [5, 5.41) is 6.92. The van der Waals surface area contributed by atoms with Crippen molar-refractivity contribution in [3.8, 4) is 0 Å². The molecule has 1 saturated heterocycles. The maximum Gasteiger partial charge on any atom is 0.417 e. The third-order valence-electron chi connectivity index (χ3n) is 3.78. The molecule has 0 bridgehead atoms. The van der Waals surface area contributed by atoms with Crippen molar-refractivity contribution in [2.75, 3.05) is 31.1 Å². The van der Waals surface area contributed by atoms with Crippen LogP contribution >= 0.6 is 0 Å². The summed E-state index contributed by atoms with van der Waals surface area (Å²) in [6.07, 6.45) is -3.46. The molecular formula is C14H17F3N6. The number of hydrogen-bond donors (Lipinski definition) is 1. The number of nitrogens with one attached hydrogen (secondary N) is 1. The van der Waals surface area contributed by atoms with Crippen LogP contribution in [0, 0.1) is 6.92 Å². The van der Waals surface area contributed by atoms with E-state index in [0.29, 0.717) is 25.5 Å². The average molecular weight is 326 g/mol. The molecular weight excluding hydrogens is 309 g/mol. The van der Waals surface area contributed by atoms with Crippen molar-refractivity contribution in [1.29, 1.82) is 0 Å². The lowest BCUT2D eigenvalue weighted by Gasteiger charge is -2.34. The second-order valence-electron chi connectivity index (χ2n) is 5.50. The van der Waals surface area contributed by atoms with Gasteiger partial charge in [-0.3, -0.25) is 10.00 Å². The van der Waals surface area contributed by atoms with Crippen molar-refractivity contribution >= 4 is 5.82 Å². The molecule has 0 amide bonds. The summed E-state index contributed by atoms with van der Waals surface area (Å²) in [6, 6.07) is 2.50. The first-order chi connectivity index (χ1) is 10.9. The largest absolute Gasteiger partial charge is 0.417 e. The number of rotatable bonds is 3. The molecule has 2 aromatic heterocycles. The van der Waals surface area contributed by atoms with Gasteiger partial charge >= 0.3 is 6.18 Å². The van der Waals surface area contributed by atoms with Gasteiger partial charge in [0.05, 0.1) is 12.1 Å². The van der Waals surface area contributed by atoms with Crippen molar-refractivity contribution in [3.63, 3.8) is 0 Å². The molecule has 0 spiro atoms. The number of pyridine rings is 1. The fraction of sp³-hybridized carbons (Fsp3) is 0.500. The Bertz CT molecular complexity index is 643. The van der Waals surface area contributed by atoms with Crippen LogP contribution in [0.4, 0.5) is 19.0 Å². The normalized spacial score (nSPS) is 16.8. The number of H-pyrrole nitrogens is 1. The molecule has 3 heterocycles. The summed E-state index contributed by atoms with van der Waals surface area (Å²) in [4.78, 5) is 12.4. The molecule has 124 valence electrons. The number of halogens is 3. The van der Waals surface area contributed by atoms with Crippen LogP contribution < -0.4 is 4.90 Å². The molecule has 23 heavy (non-hydrogen) atoms. The van der Waals surface area contributed by atoms with Gasteiger partial charge in [0, 0.05) is 32.4 Å². The van der Waals surface area contributed by atoms with Crippen molar-refractivity contribution < 1.29 is 13.2 Å². The minimum atomic E-state index is -4.35. The molecule has 1 N–H and O–H groups in total. The van der Waals surface area contributed by atoms with E-state index in [1.807, 2.05) is 11.8 Å². The number of anilines is 1. The predicted octanol–water partition coefficient (Wildman–Crippen LogP) is 1.85. The van der Waals surface area contributed by atoms with Gasteiger partial charge in [0.1, 0.15) is 11.6 Å². The van der Waals surface area contributed by atoms with Crippen LogP contribution in [-0.2, 0) is 12.7 Å². The lowest BCUT2D eigenvalue weighted by atomic mass is 10.2. The van der Waals surface area contributed by atoms with E-state index in [1.165, 1.54) is 6.07 Å². The second-order valence-corrected chi connectivity index (χ2v) is 5.50. The second kappa shape index (κ2) is 6.15. The Morgan fingerprint density at radius 3 is 2.43 bits per heavy atom. The third kappa shape index (κ3) is 3.79. The smallest absolute Gasteiger partial charge is 0.354 e. The van der Waals surface area contributed by atoms with E-state index in [-0.39, 0.29) is 0 Å². The monoisotopic (exact) mass is 326 g/mol. The molecule has 1 fully saturated rings. The fourth-order valence-corrected chi connectivity index (χ4v) is 2.54. The van der Waals surface area contributed by atoms with Crippen LogP contribution in [0.5, 0.6) is 0 Å². The summed E-state index contributed by atoms with van der Waals surface area (Å²) in [7, 11) is 0. The van der Waals surface area contributed by atoms with E-state index < -0.39 is 11.7 Å². The van der Waals surface area contributed by atoms with Crippen LogP contribution in [0.25, 0.3) is 0 Å². The summed E-state index contributed by atoms with van der Waals surface area (Å²) in [5.74, 6) is 2.11. The summed E-state index contributed by atoms with van der Waals surface area (Å²) in [6.45, 7) is 5.51. The lowest BCUT2D eigenvalue weighted by molar-refractivity contribution is -0.137. The highest BCUT2D eigenvalue weighted by atomic mass is 19.4. The van der Waals surface area contributed by atoms with Crippen LogP contribution in [0.2, 0.25) is 0 Å². The molecule has 9 heteroatoms. The summed E-state index contributed by atoms with van der Waals surface area (Å²) in [5.41, 5.74) is -0.722. The molecule has 6 nitrogen and oxygen atoms in total. The zero-order valence-electron chi connectivity index (χ0n) is 12.6. The highest BCUT2D eigenvalue weighted by Crippen LogP contribution is 2.29. The number of hydrogen-bond acceptors (Lipinski definition) is 5. The standard InChI is InChI=1S/C14H17F3N6/c1-10-19-12(21-20-10)9-22-4-6-23(7-5-22)13-3-2-11(8-18-13)14(15,16)17/h2-3,8H,4-7,9H2,1H3,(H,19,20,21). The summed E-state index contributed by atoms with van der Waals surface area (Å²) < 4.78 is 37.6. The number of aryl methyl sites for hydroxylation is 1. The van der Waals surface area contributed by atoms with Gasteiger partial charge in [0.2, 0.25) is 0 Å². The number of nitrogens with zero attached hydrogens (tertiary/aromatic N) is 5. The maximum atomic E-state index is 12.5. The molecule has 0 aromatic carbocycles. The Balaban J connectivity index is 1.56. The van der Waals surface area contributed by atoms with Gasteiger partial charge in [0.15, 0.2) is 5.82 Å². The van der Waals surface area contributed by atoms with Gasteiger partial charge in [-0.2, -0.15) is 18.3 Å². The quantitative estimate of drug-likeness (QED) is 0.933. The number of aromatic nitrogens is 4. The highest BCUT2D eigenvalue weighted by molar-refractivity contribution is 5.40. The molecule has 1 aliphatic heterocycles. The van der Waals surface area contributed by atoms with E-state index >= 15 is 0 Å². The van der Waals surface area contributed by atoms with Gasteiger partial charge in [-0.15, -0.1) is 0 Å². The van der Waals surface area contributed by atoms with Crippen LogP contribution in [0.15, 0.2) is 18.3 Å². The zero-order valence-corrected chi connectivity index (χ0v) is 12.6. The maximum absolute atomic E-state index is 12.5. The Hall–Kier alpha value is -2.16. The van der Waals surface area contributed by atoms with Gasteiger partial charge in [-0.1, -0.05) is 0 Å². The summed E-state index contributed by atoms with van der Waals surface area (Å²) >= 11 is 0. The third-order valence-corrected chi connectivity index (χ3v) is 3.78. The Morgan fingerprint density at radius 1 is 1.17 bits per heavy atom. The van der Waals surface area contributed by atoms with E-state index in [9.17, 15) is 13.2 Å². The molecule has 0 unspecified atom stereocenters. The zero-order chi connectivity index (χ0) is 16.4. The number of aromatic amines is 1. The van der Waals surface area contributed by atoms with E-state index in [4.69, 9.17) is 0 Å². The van der Waals surface area contributed by atoms with Crippen LogP contribution in [-0.4, -0.2) is 51.2 Å². The molecule has 0 radical (unpaired) electrons. The first-order valence-corrected chi connectivity index (χ1v) is 7.30. The van der Waals surface area contributed by atoms with Crippen molar-refractivity contribution in [2.24, 2.45) is 0 Å². The van der Waals surface area contributed by atoms with Crippen LogP contribution in [0.1, 0.15) is 17.2 Å². The Kier molecular flexibility index (Phi) is 4.20. The molecule has 0 atom stereocenters. The predicted molar refractivity (Wildman–Crippen MR) is 77.8 cm³/mol. The first kappa shape index (κ1) is 15.7. The van der Waals surface area contributed by atoms with Gasteiger partial charge in [0.25, 0.3) is 0 Å². The Morgan fingerprint density at radius 2 is 1.91 bits per heavy atom.